The molecule has 0 saturated carbocycles. The Hall–Kier alpha value is -1.70. The van der Waals surface area contributed by atoms with Gasteiger partial charge in [-0.3, -0.25) is 4.79 Å². The number of nitrogens with two attached hydrogens (primary N) is 1. The van der Waals surface area contributed by atoms with E-state index in [0.717, 1.165) is 0 Å². The van der Waals surface area contributed by atoms with E-state index in [2.05, 4.69) is 20.3 Å². The van der Waals surface area contributed by atoms with E-state index >= 15 is 0 Å². The van der Waals surface area contributed by atoms with E-state index in [1.54, 1.807) is 10.8 Å². The van der Waals surface area contributed by atoms with E-state index in [-0.39, 0.29) is 21.9 Å². The number of nitrogens with zero attached hydrogens (tertiary/aromatic N) is 4. The highest BCUT2D eigenvalue weighted by molar-refractivity contribution is 6.32. The van der Waals surface area contributed by atoms with Gasteiger partial charge in [0.2, 0.25) is 5.28 Å². The van der Waals surface area contributed by atoms with Crippen LogP contribution in [-0.2, 0) is 6.54 Å². The smallest absolute Gasteiger partial charge is 0.277 e. The molecule has 2 heterocycles. The van der Waals surface area contributed by atoms with Crippen LogP contribution in [-0.4, -0.2) is 32.0 Å². The summed E-state index contributed by atoms with van der Waals surface area (Å²) in [5.41, 5.74) is 5.66. The third-order valence-electron chi connectivity index (χ3n) is 2.16. The molecule has 0 saturated heterocycles. The van der Waals surface area contributed by atoms with Crippen LogP contribution in [0.2, 0.25) is 10.4 Å². The molecule has 2 aromatic rings. The number of hydrogen-bond acceptors (Lipinski definition) is 5. The predicted molar refractivity (Wildman–Crippen MR) is 71.3 cm³/mol. The van der Waals surface area contributed by atoms with Crippen molar-refractivity contribution in [3.05, 3.63) is 34.7 Å². The van der Waals surface area contributed by atoms with E-state index in [9.17, 15) is 4.79 Å². The predicted octanol–water partition coefficient (Wildman–Crippen LogP) is 1.19. The van der Waals surface area contributed by atoms with Gasteiger partial charge in [0, 0.05) is 25.4 Å². The Morgan fingerprint density at radius 1 is 1.42 bits per heavy atom. The van der Waals surface area contributed by atoms with Crippen molar-refractivity contribution in [2.45, 2.75) is 6.54 Å². The number of nitrogens with one attached hydrogen (secondary N) is 1. The molecule has 0 atom stereocenters. The second-order valence-electron chi connectivity index (χ2n) is 3.58. The number of rotatable bonds is 4. The van der Waals surface area contributed by atoms with E-state index in [1.165, 1.54) is 12.4 Å². The third-order valence-corrected chi connectivity index (χ3v) is 2.53. The molecule has 0 aliphatic heterocycles. The number of imidazole rings is 1. The molecule has 0 radical (unpaired) electrons. The fourth-order valence-electron chi connectivity index (χ4n) is 1.38. The molecule has 0 spiro atoms. The highest BCUT2D eigenvalue weighted by Crippen LogP contribution is 2.14. The van der Waals surface area contributed by atoms with Gasteiger partial charge in [-0.05, 0) is 11.6 Å². The van der Waals surface area contributed by atoms with Gasteiger partial charge in [0.05, 0.1) is 6.33 Å². The van der Waals surface area contributed by atoms with Crippen LogP contribution in [0.5, 0.6) is 0 Å². The number of carbonyl (C=O) groups is 1. The highest BCUT2D eigenvalue weighted by atomic mass is 35.5. The van der Waals surface area contributed by atoms with Crippen molar-refractivity contribution < 1.29 is 4.79 Å². The first kappa shape index (κ1) is 13.7. The van der Waals surface area contributed by atoms with Crippen LogP contribution >= 0.6 is 23.2 Å². The lowest BCUT2D eigenvalue weighted by Crippen LogP contribution is -2.14. The maximum Gasteiger partial charge on any atom is 0.277 e. The van der Waals surface area contributed by atoms with Crippen molar-refractivity contribution in [1.82, 2.24) is 19.5 Å². The number of anilines is 1. The summed E-state index contributed by atoms with van der Waals surface area (Å²) in [5.74, 6) is -0.204. The van der Waals surface area contributed by atoms with Gasteiger partial charge < -0.3 is 15.6 Å². The van der Waals surface area contributed by atoms with Gasteiger partial charge >= 0.3 is 0 Å². The lowest BCUT2D eigenvalue weighted by Gasteiger charge is -2.02. The van der Waals surface area contributed by atoms with Gasteiger partial charge in [-0.2, -0.15) is 0 Å². The van der Waals surface area contributed by atoms with Gasteiger partial charge in [-0.1, -0.05) is 11.6 Å². The zero-order valence-corrected chi connectivity index (χ0v) is 11.2. The van der Waals surface area contributed by atoms with Crippen molar-refractivity contribution in [2.75, 3.05) is 11.9 Å². The van der Waals surface area contributed by atoms with Crippen molar-refractivity contribution >= 4 is 34.9 Å². The molecule has 0 aliphatic rings. The Labute approximate surface area is 118 Å². The van der Waals surface area contributed by atoms with Gasteiger partial charge in [-0.25, -0.2) is 15.0 Å². The first-order valence-corrected chi connectivity index (χ1v) is 6.07. The Balaban J connectivity index is 2.11. The second kappa shape index (κ2) is 5.96. The minimum atomic E-state index is -0.415. The lowest BCUT2D eigenvalue weighted by atomic mass is 10.4. The topological polar surface area (TPSA) is 98.7 Å². The van der Waals surface area contributed by atoms with Gasteiger partial charge in [-0.15, -0.1) is 0 Å². The quantitative estimate of drug-likeness (QED) is 0.653. The largest absolute Gasteiger partial charge is 0.335 e. The van der Waals surface area contributed by atoms with E-state index in [1.807, 2.05) is 0 Å². The first-order chi connectivity index (χ1) is 9.08. The molecule has 0 unspecified atom stereocenters. The molecule has 19 heavy (non-hydrogen) atoms. The molecular formula is C10H10Cl2N6O. The monoisotopic (exact) mass is 300 g/mol. The van der Waals surface area contributed by atoms with Crippen LogP contribution in [0, 0.1) is 0 Å². The minimum Gasteiger partial charge on any atom is -0.335 e. The molecule has 0 fully saturated rings. The summed E-state index contributed by atoms with van der Waals surface area (Å²) < 4.78 is 1.72. The zero-order valence-electron chi connectivity index (χ0n) is 9.68. The molecular weight excluding hydrogens is 291 g/mol. The third kappa shape index (κ3) is 3.63. The van der Waals surface area contributed by atoms with Gasteiger partial charge in [0.15, 0.2) is 0 Å². The average molecular weight is 301 g/mol. The van der Waals surface area contributed by atoms with Crippen LogP contribution in [0.4, 0.5) is 5.82 Å². The zero-order chi connectivity index (χ0) is 13.8. The van der Waals surface area contributed by atoms with Crippen LogP contribution < -0.4 is 11.1 Å². The summed E-state index contributed by atoms with van der Waals surface area (Å²) in [4.78, 5) is 23.4. The minimum absolute atomic E-state index is 0.0449. The Bertz CT molecular complexity index is 579. The standard InChI is InChI=1S/C10H10Cl2N6O/c11-7-3-8(17-10(12)15-7)16-9(19)6-4-18(2-1-13)5-14-6/h3-5H,1-2,13H2,(H,15,16,17,19). The second-order valence-corrected chi connectivity index (χ2v) is 4.31. The van der Waals surface area contributed by atoms with Crippen molar-refractivity contribution in [1.29, 1.82) is 0 Å². The van der Waals surface area contributed by atoms with Gasteiger partial charge in [0.1, 0.15) is 16.7 Å². The normalized spacial score (nSPS) is 10.5. The van der Waals surface area contributed by atoms with Crippen LogP contribution in [0.1, 0.15) is 10.5 Å². The maximum atomic E-state index is 11.9. The Kier molecular flexibility index (Phi) is 4.31. The summed E-state index contributed by atoms with van der Waals surface area (Å²) in [6, 6.07) is 1.39. The Morgan fingerprint density at radius 3 is 2.89 bits per heavy atom. The molecule has 0 aliphatic carbocycles. The molecule has 1 amide bonds. The van der Waals surface area contributed by atoms with Gasteiger partial charge in [0.25, 0.3) is 5.91 Å². The maximum absolute atomic E-state index is 11.9. The fraction of sp³-hybridized carbons (Fsp3) is 0.200. The van der Waals surface area contributed by atoms with E-state index in [4.69, 9.17) is 28.9 Å². The fourth-order valence-corrected chi connectivity index (χ4v) is 1.79. The molecule has 7 nitrogen and oxygen atoms in total. The van der Waals surface area contributed by atoms with Crippen molar-refractivity contribution in [3.8, 4) is 0 Å². The molecule has 0 bridgehead atoms. The number of hydrogen-bond donors (Lipinski definition) is 2. The van der Waals surface area contributed by atoms with Crippen LogP contribution in [0.15, 0.2) is 18.6 Å². The number of amides is 1. The molecule has 2 rings (SSSR count). The summed E-state index contributed by atoms with van der Waals surface area (Å²) in [6.07, 6.45) is 3.12. The Morgan fingerprint density at radius 2 is 2.21 bits per heavy atom. The van der Waals surface area contributed by atoms with E-state index < -0.39 is 5.91 Å². The summed E-state index contributed by atoms with van der Waals surface area (Å²) >= 11 is 11.3. The molecule has 0 aromatic carbocycles. The molecule has 3 N–H and O–H groups in total. The average Bonchev–Trinajstić information content (AvgIpc) is 2.76. The number of aromatic nitrogens is 4. The first-order valence-electron chi connectivity index (χ1n) is 5.32. The van der Waals surface area contributed by atoms with Crippen LogP contribution in [0.25, 0.3) is 0 Å². The molecule has 100 valence electrons. The SMILES string of the molecule is NCCn1cnc(C(=O)Nc2cc(Cl)nc(Cl)n2)c1. The highest BCUT2D eigenvalue weighted by Gasteiger charge is 2.11. The van der Waals surface area contributed by atoms with Crippen LogP contribution in [0.3, 0.4) is 0 Å². The summed E-state index contributed by atoms with van der Waals surface area (Å²) in [5, 5.41) is 2.63. The summed E-state index contributed by atoms with van der Waals surface area (Å²) in [6.45, 7) is 1.06. The van der Waals surface area contributed by atoms with E-state index in [0.29, 0.717) is 13.1 Å². The lowest BCUT2D eigenvalue weighted by molar-refractivity contribution is 0.102. The number of halogens is 2. The number of carbonyl (C=O) groups excluding carboxylic acids is 1. The molecule has 2 aromatic heterocycles. The van der Waals surface area contributed by atoms with Crippen molar-refractivity contribution in [2.24, 2.45) is 5.73 Å². The summed E-state index contributed by atoms with van der Waals surface area (Å²) in [7, 11) is 0. The molecule has 9 heteroatoms. The van der Waals surface area contributed by atoms with Crippen molar-refractivity contribution in [3.63, 3.8) is 0 Å².